The topological polar surface area (TPSA) is 43.8 Å². The summed E-state index contributed by atoms with van der Waals surface area (Å²) in [5.74, 6) is 0.676. The van der Waals surface area contributed by atoms with Crippen LogP contribution in [0.3, 0.4) is 0 Å². The van der Waals surface area contributed by atoms with Gasteiger partial charge >= 0.3 is 0 Å². The van der Waals surface area contributed by atoms with E-state index in [1.54, 1.807) is 0 Å². The average Bonchev–Trinajstić information content (AvgIpc) is 2.44. The Morgan fingerprint density at radius 3 is 2.38 bits per heavy atom. The number of hydrogen-bond donors (Lipinski definition) is 1. The third-order valence-electron chi connectivity index (χ3n) is 2.30. The van der Waals surface area contributed by atoms with E-state index in [1.165, 1.54) is 5.69 Å². The van der Waals surface area contributed by atoms with Gasteiger partial charge in [0.2, 0.25) is 5.95 Å². The highest BCUT2D eigenvalue weighted by molar-refractivity contribution is 5.29. The molecule has 0 spiro atoms. The van der Waals surface area contributed by atoms with Crippen molar-refractivity contribution in [2.45, 2.75) is 46.6 Å². The van der Waals surface area contributed by atoms with E-state index in [2.05, 4.69) is 30.3 Å². The lowest BCUT2D eigenvalue weighted by atomic mass is 10.2. The van der Waals surface area contributed by atoms with Crippen LogP contribution in [0.25, 0.3) is 0 Å². The zero-order valence-corrected chi connectivity index (χ0v) is 8.80. The third-order valence-corrected chi connectivity index (χ3v) is 2.30. The Hall–Kier alpha value is -0.990. The molecule has 0 atom stereocenters. The fourth-order valence-electron chi connectivity index (χ4n) is 1.71. The molecular weight excluding hydrogens is 162 g/mol. The molecule has 3 heteroatoms. The van der Waals surface area contributed by atoms with Gasteiger partial charge in [-0.05, 0) is 19.3 Å². The summed E-state index contributed by atoms with van der Waals surface area (Å²) in [5, 5.41) is 0. The number of rotatable bonds is 4. The van der Waals surface area contributed by atoms with E-state index in [4.69, 9.17) is 5.73 Å². The highest BCUT2D eigenvalue weighted by Gasteiger charge is 2.10. The number of nitrogens with zero attached hydrogens (tertiary/aromatic N) is 2. The second-order valence-electron chi connectivity index (χ2n) is 3.22. The van der Waals surface area contributed by atoms with E-state index in [0.717, 1.165) is 31.5 Å². The molecule has 1 heterocycles. The normalized spacial score (nSPS) is 10.7. The summed E-state index contributed by atoms with van der Waals surface area (Å²) in [6, 6.07) is 0. The smallest absolute Gasteiger partial charge is 0.200 e. The highest BCUT2D eigenvalue weighted by atomic mass is 15.2. The van der Waals surface area contributed by atoms with Crippen LogP contribution >= 0.6 is 0 Å². The number of hydrogen-bond acceptors (Lipinski definition) is 2. The van der Waals surface area contributed by atoms with Crippen molar-refractivity contribution in [2.24, 2.45) is 0 Å². The van der Waals surface area contributed by atoms with Gasteiger partial charge in [0.05, 0.1) is 5.69 Å². The maximum Gasteiger partial charge on any atom is 0.200 e. The molecule has 0 fully saturated rings. The number of imidazole rings is 1. The second kappa shape index (κ2) is 4.30. The minimum absolute atomic E-state index is 0.676. The molecule has 0 aliphatic heterocycles. The minimum Gasteiger partial charge on any atom is -0.369 e. The number of aromatic nitrogens is 2. The van der Waals surface area contributed by atoms with E-state index in [1.807, 2.05) is 0 Å². The summed E-state index contributed by atoms with van der Waals surface area (Å²) < 4.78 is 2.14. The molecule has 0 amide bonds. The molecule has 0 aromatic carbocycles. The molecule has 74 valence electrons. The van der Waals surface area contributed by atoms with Gasteiger partial charge in [-0.25, -0.2) is 4.98 Å². The number of anilines is 1. The lowest BCUT2D eigenvalue weighted by Crippen LogP contribution is -2.06. The molecule has 0 aliphatic rings. The van der Waals surface area contributed by atoms with E-state index in [0.29, 0.717) is 5.95 Å². The molecule has 0 radical (unpaired) electrons. The molecule has 1 aromatic heterocycles. The second-order valence-corrected chi connectivity index (χ2v) is 3.22. The molecule has 1 rings (SSSR count). The zero-order chi connectivity index (χ0) is 9.84. The van der Waals surface area contributed by atoms with E-state index >= 15 is 0 Å². The summed E-state index contributed by atoms with van der Waals surface area (Å²) in [4.78, 5) is 4.36. The van der Waals surface area contributed by atoms with Crippen molar-refractivity contribution in [3.8, 4) is 0 Å². The summed E-state index contributed by atoms with van der Waals surface area (Å²) >= 11 is 0. The van der Waals surface area contributed by atoms with Crippen molar-refractivity contribution in [3.63, 3.8) is 0 Å². The molecule has 0 bridgehead atoms. The fraction of sp³-hybridized carbons (Fsp3) is 0.700. The monoisotopic (exact) mass is 181 g/mol. The molecule has 3 nitrogen and oxygen atoms in total. The van der Waals surface area contributed by atoms with Crippen LogP contribution in [0.2, 0.25) is 0 Å². The molecule has 0 saturated heterocycles. The number of aryl methyl sites for hydroxylation is 1. The Balaban J connectivity index is 3.07. The van der Waals surface area contributed by atoms with Crippen molar-refractivity contribution in [1.82, 2.24) is 9.55 Å². The van der Waals surface area contributed by atoms with Gasteiger partial charge in [-0.3, -0.25) is 0 Å². The summed E-state index contributed by atoms with van der Waals surface area (Å²) in [6.45, 7) is 7.42. The quantitative estimate of drug-likeness (QED) is 0.772. The largest absolute Gasteiger partial charge is 0.369 e. The maximum absolute atomic E-state index is 5.83. The van der Waals surface area contributed by atoms with Gasteiger partial charge in [0.15, 0.2) is 0 Å². The van der Waals surface area contributed by atoms with Gasteiger partial charge < -0.3 is 10.3 Å². The zero-order valence-electron chi connectivity index (χ0n) is 8.80. The SMILES string of the molecule is CCCn1c(N)nc(CC)c1CC. The third kappa shape index (κ3) is 1.85. The maximum atomic E-state index is 5.83. The molecule has 13 heavy (non-hydrogen) atoms. The Morgan fingerprint density at radius 2 is 1.92 bits per heavy atom. The van der Waals surface area contributed by atoms with Crippen molar-refractivity contribution in [3.05, 3.63) is 11.4 Å². The van der Waals surface area contributed by atoms with Crippen LogP contribution in [0.5, 0.6) is 0 Å². The first-order valence-electron chi connectivity index (χ1n) is 5.08. The number of nitrogen functional groups attached to an aromatic ring is 1. The predicted octanol–water partition coefficient (Wildman–Crippen LogP) is 2.00. The Morgan fingerprint density at radius 1 is 1.23 bits per heavy atom. The standard InChI is InChI=1S/C10H19N3/c1-4-7-13-9(6-3)8(5-2)12-10(13)11/h4-7H2,1-3H3,(H2,11,12). The molecular formula is C10H19N3. The fourth-order valence-corrected chi connectivity index (χ4v) is 1.71. The Labute approximate surface area is 80.0 Å². The molecule has 0 unspecified atom stereocenters. The minimum atomic E-state index is 0.676. The molecule has 0 saturated carbocycles. The van der Waals surface area contributed by atoms with Crippen molar-refractivity contribution >= 4 is 5.95 Å². The van der Waals surface area contributed by atoms with Crippen LogP contribution in [0.4, 0.5) is 5.95 Å². The van der Waals surface area contributed by atoms with Gasteiger partial charge in [-0.15, -0.1) is 0 Å². The van der Waals surface area contributed by atoms with Gasteiger partial charge in [0, 0.05) is 12.2 Å². The van der Waals surface area contributed by atoms with E-state index in [-0.39, 0.29) is 0 Å². The number of nitrogens with two attached hydrogens (primary N) is 1. The molecule has 1 aromatic rings. The van der Waals surface area contributed by atoms with Gasteiger partial charge in [0.25, 0.3) is 0 Å². The Kier molecular flexibility index (Phi) is 3.34. The van der Waals surface area contributed by atoms with Crippen molar-refractivity contribution in [1.29, 1.82) is 0 Å². The Bertz CT molecular complexity index is 276. The first kappa shape index (κ1) is 10.1. The van der Waals surface area contributed by atoms with Crippen molar-refractivity contribution < 1.29 is 0 Å². The average molecular weight is 181 g/mol. The highest BCUT2D eigenvalue weighted by Crippen LogP contribution is 2.15. The summed E-state index contributed by atoms with van der Waals surface area (Å²) in [5.41, 5.74) is 8.30. The van der Waals surface area contributed by atoms with E-state index < -0.39 is 0 Å². The predicted molar refractivity (Wildman–Crippen MR) is 55.7 cm³/mol. The first-order chi connectivity index (χ1) is 6.24. The van der Waals surface area contributed by atoms with Gasteiger partial charge in [0.1, 0.15) is 0 Å². The van der Waals surface area contributed by atoms with Crippen molar-refractivity contribution in [2.75, 3.05) is 5.73 Å². The summed E-state index contributed by atoms with van der Waals surface area (Å²) in [7, 11) is 0. The lowest BCUT2D eigenvalue weighted by Gasteiger charge is -2.06. The molecule has 2 N–H and O–H groups in total. The first-order valence-corrected chi connectivity index (χ1v) is 5.08. The van der Waals surface area contributed by atoms with Crippen LogP contribution < -0.4 is 5.73 Å². The van der Waals surface area contributed by atoms with Gasteiger partial charge in [-0.2, -0.15) is 0 Å². The van der Waals surface area contributed by atoms with Gasteiger partial charge in [-0.1, -0.05) is 20.8 Å². The van der Waals surface area contributed by atoms with Crippen LogP contribution in [0.1, 0.15) is 38.6 Å². The lowest BCUT2D eigenvalue weighted by molar-refractivity contribution is 0.656. The van der Waals surface area contributed by atoms with E-state index in [9.17, 15) is 0 Å². The van der Waals surface area contributed by atoms with Crippen LogP contribution in [-0.2, 0) is 19.4 Å². The van der Waals surface area contributed by atoms with Crippen LogP contribution in [-0.4, -0.2) is 9.55 Å². The molecule has 0 aliphatic carbocycles. The summed E-state index contributed by atoms with van der Waals surface area (Å²) in [6.07, 6.45) is 3.11. The van der Waals surface area contributed by atoms with Crippen LogP contribution in [0.15, 0.2) is 0 Å². The van der Waals surface area contributed by atoms with Crippen LogP contribution in [0, 0.1) is 0 Å².